The number of hydrogen-bond acceptors (Lipinski definition) is 4. The second-order valence-electron chi connectivity index (χ2n) is 4.78. The van der Waals surface area contributed by atoms with Gasteiger partial charge in [-0.1, -0.05) is 0 Å². The van der Waals surface area contributed by atoms with Crippen LogP contribution >= 0.6 is 0 Å². The number of nitrogens with one attached hydrogen (secondary N) is 2. The number of aromatic amines is 1. The molecule has 8 nitrogen and oxygen atoms in total. The van der Waals surface area contributed by atoms with Gasteiger partial charge in [-0.3, -0.25) is 19.3 Å². The number of anilines is 1. The zero-order valence-corrected chi connectivity index (χ0v) is 11.4. The van der Waals surface area contributed by atoms with Gasteiger partial charge in [-0.2, -0.15) is 0 Å². The van der Waals surface area contributed by atoms with Gasteiger partial charge in [0, 0.05) is 31.5 Å². The molecule has 0 saturated carbocycles. The van der Waals surface area contributed by atoms with Crippen molar-refractivity contribution in [2.75, 3.05) is 11.9 Å². The maximum Gasteiger partial charge on any atom is 0.354 e. The van der Waals surface area contributed by atoms with E-state index in [1.54, 1.807) is 6.92 Å². The van der Waals surface area contributed by atoms with Crippen LogP contribution < -0.4 is 5.32 Å². The normalized spacial score (nSPS) is 14.6. The average Bonchev–Trinajstić information content (AvgIpc) is 2.91. The number of hydrogen-bond donors (Lipinski definition) is 3. The minimum Gasteiger partial charge on any atom is -0.477 e. The van der Waals surface area contributed by atoms with Crippen LogP contribution in [0.2, 0.25) is 0 Å². The van der Waals surface area contributed by atoms with Gasteiger partial charge in [0.2, 0.25) is 17.7 Å². The van der Waals surface area contributed by atoms with Crippen molar-refractivity contribution in [3.63, 3.8) is 0 Å². The molecule has 0 aromatic carbocycles. The Kier molecular flexibility index (Phi) is 4.06. The van der Waals surface area contributed by atoms with E-state index in [0.29, 0.717) is 5.69 Å². The first kappa shape index (κ1) is 14.8. The van der Waals surface area contributed by atoms with Crippen molar-refractivity contribution < 1.29 is 24.3 Å². The Labute approximate surface area is 120 Å². The molecule has 1 saturated heterocycles. The number of carboxylic acids is 1. The Hall–Kier alpha value is -2.64. The fraction of sp³-hybridized carbons (Fsp3) is 0.385. The first-order chi connectivity index (χ1) is 9.88. The zero-order chi connectivity index (χ0) is 15.6. The number of carbonyl (C=O) groups is 4. The third-order valence-electron chi connectivity index (χ3n) is 3.16. The van der Waals surface area contributed by atoms with E-state index in [2.05, 4.69) is 10.3 Å². The van der Waals surface area contributed by atoms with Gasteiger partial charge in [0.05, 0.1) is 5.69 Å². The molecule has 0 atom stereocenters. The predicted octanol–water partition coefficient (Wildman–Crippen LogP) is 0.499. The molecular formula is C13H15N3O5. The van der Waals surface area contributed by atoms with E-state index in [1.807, 2.05) is 0 Å². The number of carbonyl (C=O) groups excluding carboxylic acids is 3. The lowest BCUT2D eigenvalue weighted by molar-refractivity contribution is -0.138. The second-order valence-corrected chi connectivity index (χ2v) is 4.78. The van der Waals surface area contributed by atoms with Crippen LogP contribution in [0.3, 0.4) is 0 Å². The molecule has 3 amide bonds. The number of nitrogens with zero attached hydrogens (tertiary/aromatic N) is 1. The summed E-state index contributed by atoms with van der Waals surface area (Å²) in [6, 6.07) is 1.51. The summed E-state index contributed by atoms with van der Waals surface area (Å²) < 4.78 is 0. The second kappa shape index (κ2) is 5.78. The molecule has 1 aliphatic heterocycles. The highest BCUT2D eigenvalue weighted by atomic mass is 16.4. The highest BCUT2D eigenvalue weighted by Gasteiger charge is 2.28. The molecule has 1 aliphatic rings. The molecule has 112 valence electrons. The molecule has 1 aromatic rings. The molecule has 0 spiro atoms. The van der Waals surface area contributed by atoms with Gasteiger partial charge in [0.1, 0.15) is 5.69 Å². The Bertz CT molecular complexity index is 603. The number of rotatable bonds is 5. The lowest BCUT2D eigenvalue weighted by atomic mass is 10.3. The van der Waals surface area contributed by atoms with Gasteiger partial charge >= 0.3 is 5.97 Å². The van der Waals surface area contributed by atoms with Crippen LogP contribution in [0, 0.1) is 6.92 Å². The van der Waals surface area contributed by atoms with Crippen molar-refractivity contribution in [1.82, 2.24) is 9.88 Å². The lowest BCUT2D eigenvalue weighted by Gasteiger charge is -2.13. The van der Waals surface area contributed by atoms with Crippen LogP contribution in [0.25, 0.3) is 0 Å². The molecular weight excluding hydrogens is 278 g/mol. The van der Waals surface area contributed by atoms with Crippen LogP contribution in [-0.4, -0.2) is 45.2 Å². The number of H-pyrrole nitrogens is 1. The smallest absolute Gasteiger partial charge is 0.354 e. The molecule has 3 N–H and O–H groups in total. The fourth-order valence-electron chi connectivity index (χ4n) is 2.15. The number of imide groups is 1. The first-order valence-electron chi connectivity index (χ1n) is 6.44. The van der Waals surface area contributed by atoms with Crippen molar-refractivity contribution in [1.29, 1.82) is 0 Å². The zero-order valence-electron chi connectivity index (χ0n) is 11.4. The van der Waals surface area contributed by atoms with E-state index in [0.717, 1.165) is 4.90 Å². The van der Waals surface area contributed by atoms with Crippen molar-refractivity contribution in [2.24, 2.45) is 0 Å². The van der Waals surface area contributed by atoms with E-state index < -0.39 is 11.9 Å². The largest absolute Gasteiger partial charge is 0.477 e. The molecule has 2 heterocycles. The van der Waals surface area contributed by atoms with Crippen LogP contribution in [0.4, 0.5) is 5.69 Å². The molecule has 0 aliphatic carbocycles. The van der Waals surface area contributed by atoms with E-state index in [-0.39, 0.29) is 49.0 Å². The highest BCUT2D eigenvalue weighted by Crippen LogP contribution is 2.17. The minimum absolute atomic E-state index is 0.00924. The monoisotopic (exact) mass is 293 g/mol. The van der Waals surface area contributed by atoms with Gasteiger partial charge in [0.25, 0.3) is 0 Å². The van der Waals surface area contributed by atoms with Crippen molar-refractivity contribution in [3.05, 3.63) is 17.5 Å². The van der Waals surface area contributed by atoms with Gasteiger partial charge in [-0.15, -0.1) is 0 Å². The summed E-state index contributed by atoms with van der Waals surface area (Å²) >= 11 is 0. The van der Waals surface area contributed by atoms with E-state index in [9.17, 15) is 19.2 Å². The molecule has 0 unspecified atom stereocenters. The quantitative estimate of drug-likeness (QED) is 0.683. The molecule has 0 radical (unpaired) electrons. The third kappa shape index (κ3) is 3.28. The minimum atomic E-state index is -1.18. The maximum atomic E-state index is 11.8. The molecule has 1 aromatic heterocycles. The maximum absolute atomic E-state index is 11.8. The molecule has 0 bridgehead atoms. The van der Waals surface area contributed by atoms with Gasteiger partial charge in [0.15, 0.2) is 0 Å². The highest BCUT2D eigenvalue weighted by molar-refractivity contribution is 6.03. The van der Waals surface area contributed by atoms with Gasteiger partial charge in [-0.25, -0.2) is 4.79 Å². The summed E-state index contributed by atoms with van der Waals surface area (Å²) in [6.07, 6.45) is 0.294. The van der Waals surface area contributed by atoms with E-state index in [4.69, 9.17) is 5.11 Å². The average molecular weight is 293 g/mol. The topological polar surface area (TPSA) is 120 Å². The number of carboxylic acid groups (broad SMARTS) is 1. The predicted molar refractivity (Wildman–Crippen MR) is 71.7 cm³/mol. The van der Waals surface area contributed by atoms with Gasteiger partial charge < -0.3 is 15.4 Å². The Morgan fingerprint density at radius 1 is 1.33 bits per heavy atom. The van der Waals surface area contributed by atoms with Crippen LogP contribution in [-0.2, 0) is 14.4 Å². The van der Waals surface area contributed by atoms with E-state index >= 15 is 0 Å². The third-order valence-corrected chi connectivity index (χ3v) is 3.16. The first-order valence-corrected chi connectivity index (χ1v) is 6.44. The summed E-state index contributed by atoms with van der Waals surface area (Å²) in [6.45, 7) is 1.68. The number of likely N-dealkylation sites (tertiary alicyclic amines) is 1. The van der Waals surface area contributed by atoms with Crippen molar-refractivity contribution in [3.8, 4) is 0 Å². The van der Waals surface area contributed by atoms with Crippen molar-refractivity contribution >= 4 is 29.4 Å². The van der Waals surface area contributed by atoms with Crippen LogP contribution in [0.5, 0.6) is 0 Å². The number of aromatic nitrogens is 1. The Balaban J connectivity index is 1.95. The summed E-state index contributed by atoms with van der Waals surface area (Å²) in [5.41, 5.74) is 0.672. The van der Waals surface area contributed by atoms with E-state index in [1.165, 1.54) is 6.07 Å². The fourth-order valence-corrected chi connectivity index (χ4v) is 2.15. The van der Waals surface area contributed by atoms with Crippen molar-refractivity contribution in [2.45, 2.75) is 26.2 Å². The standard InChI is InChI=1S/C13H15N3O5/c1-7-6-8(12(14-7)13(20)21)15-9(17)4-5-16-10(18)2-3-11(16)19/h6,14H,2-5H2,1H3,(H,15,17)(H,20,21). The van der Waals surface area contributed by atoms with Gasteiger partial charge in [-0.05, 0) is 13.0 Å². The summed E-state index contributed by atoms with van der Waals surface area (Å²) in [5, 5.41) is 11.4. The summed E-state index contributed by atoms with van der Waals surface area (Å²) in [7, 11) is 0. The number of amides is 3. The molecule has 21 heavy (non-hydrogen) atoms. The Morgan fingerprint density at radius 2 is 1.95 bits per heavy atom. The number of aryl methyl sites for hydroxylation is 1. The van der Waals surface area contributed by atoms with Crippen LogP contribution in [0.15, 0.2) is 6.07 Å². The molecule has 8 heteroatoms. The summed E-state index contributed by atoms with van der Waals surface area (Å²) in [4.78, 5) is 49.3. The molecule has 2 rings (SSSR count). The number of aromatic carboxylic acids is 1. The lowest BCUT2D eigenvalue weighted by Crippen LogP contribution is -2.32. The molecule has 1 fully saturated rings. The van der Waals surface area contributed by atoms with Crippen LogP contribution in [0.1, 0.15) is 35.4 Å². The summed E-state index contributed by atoms with van der Waals surface area (Å²) in [5.74, 6) is -2.19. The SMILES string of the molecule is Cc1cc(NC(=O)CCN2C(=O)CCC2=O)c(C(=O)O)[nH]1. The Morgan fingerprint density at radius 3 is 2.52 bits per heavy atom.